The molecule has 0 fully saturated rings. The molecular formula is C18H15NO4. The number of aromatic carboxylic acids is 1. The van der Waals surface area contributed by atoms with Gasteiger partial charge in [0.2, 0.25) is 0 Å². The van der Waals surface area contributed by atoms with Gasteiger partial charge in [0.1, 0.15) is 17.4 Å². The molecule has 0 spiro atoms. The minimum Gasteiger partial charge on any atom is -0.478 e. The fourth-order valence-corrected chi connectivity index (χ4v) is 2.72. The fourth-order valence-electron chi connectivity index (χ4n) is 2.72. The lowest BCUT2D eigenvalue weighted by atomic mass is 9.86. The first-order valence-corrected chi connectivity index (χ1v) is 7.21. The lowest BCUT2D eigenvalue weighted by Gasteiger charge is -2.16. The summed E-state index contributed by atoms with van der Waals surface area (Å²) in [6.45, 7) is 1.49. The van der Waals surface area contributed by atoms with E-state index in [1.54, 1.807) is 12.1 Å². The number of hydrogen-bond acceptors (Lipinski definition) is 4. The molecule has 2 aromatic rings. The number of ketones is 1. The summed E-state index contributed by atoms with van der Waals surface area (Å²) >= 11 is 0. The Morgan fingerprint density at radius 3 is 2.48 bits per heavy atom. The van der Waals surface area contributed by atoms with E-state index in [0.717, 1.165) is 5.56 Å². The van der Waals surface area contributed by atoms with Crippen molar-refractivity contribution in [1.29, 1.82) is 0 Å². The van der Waals surface area contributed by atoms with Gasteiger partial charge in [-0.2, -0.15) is 0 Å². The van der Waals surface area contributed by atoms with Gasteiger partial charge in [0.15, 0.2) is 6.10 Å². The number of oxime groups is 1. The molecule has 1 aliphatic rings. The quantitative estimate of drug-likeness (QED) is 0.941. The van der Waals surface area contributed by atoms with Crippen molar-refractivity contribution in [2.24, 2.45) is 11.1 Å². The molecule has 3 rings (SSSR count). The van der Waals surface area contributed by atoms with E-state index in [2.05, 4.69) is 5.16 Å². The van der Waals surface area contributed by atoms with Crippen molar-refractivity contribution in [3.63, 3.8) is 0 Å². The average molecular weight is 309 g/mol. The van der Waals surface area contributed by atoms with Crippen molar-refractivity contribution < 1.29 is 19.5 Å². The molecule has 0 saturated heterocycles. The van der Waals surface area contributed by atoms with Crippen LogP contribution in [0, 0.1) is 5.92 Å². The normalized spacial score (nSPS) is 19.8. The van der Waals surface area contributed by atoms with Crippen molar-refractivity contribution in [2.45, 2.75) is 13.0 Å². The van der Waals surface area contributed by atoms with E-state index in [0.29, 0.717) is 11.3 Å². The van der Waals surface area contributed by atoms with Crippen LogP contribution in [-0.4, -0.2) is 22.6 Å². The number of benzene rings is 2. The third kappa shape index (κ3) is 2.85. The maximum Gasteiger partial charge on any atom is 0.335 e. The van der Waals surface area contributed by atoms with Crippen LogP contribution in [0.25, 0.3) is 0 Å². The van der Waals surface area contributed by atoms with E-state index in [4.69, 9.17) is 9.94 Å². The van der Waals surface area contributed by atoms with Crippen LogP contribution in [0.4, 0.5) is 0 Å². The summed E-state index contributed by atoms with van der Waals surface area (Å²) < 4.78 is 0. The van der Waals surface area contributed by atoms with E-state index < -0.39 is 18.0 Å². The van der Waals surface area contributed by atoms with Gasteiger partial charge in [-0.3, -0.25) is 4.79 Å². The maximum absolute atomic E-state index is 12.2. The second kappa shape index (κ2) is 6.04. The molecular weight excluding hydrogens is 294 g/mol. The second-order valence-electron chi connectivity index (χ2n) is 5.39. The number of rotatable bonds is 4. The minimum absolute atomic E-state index is 0.0733. The zero-order valence-electron chi connectivity index (χ0n) is 12.5. The van der Waals surface area contributed by atoms with Crippen LogP contribution in [0.5, 0.6) is 0 Å². The number of Topliss-reactive ketones (excluding diaryl/α,β-unsaturated/α-hetero) is 1. The third-order valence-corrected chi connectivity index (χ3v) is 3.83. The van der Waals surface area contributed by atoms with Crippen LogP contribution in [0.3, 0.4) is 0 Å². The van der Waals surface area contributed by atoms with E-state index in [-0.39, 0.29) is 11.3 Å². The molecule has 0 bridgehead atoms. The molecule has 1 aliphatic heterocycles. The Balaban J connectivity index is 1.98. The van der Waals surface area contributed by atoms with Crippen molar-refractivity contribution in [2.75, 3.05) is 0 Å². The zero-order chi connectivity index (χ0) is 16.4. The highest BCUT2D eigenvalue weighted by Gasteiger charge is 2.39. The molecule has 0 saturated carbocycles. The predicted molar refractivity (Wildman–Crippen MR) is 84.4 cm³/mol. The minimum atomic E-state index is -1.02. The van der Waals surface area contributed by atoms with Gasteiger partial charge < -0.3 is 9.94 Å². The number of carboxylic acid groups (broad SMARTS) is 1. The molecule has 0 radical (unpaired) electrons. The standard InChI is InChI=1S/C18H15NO4/c1-11(20)15-16(13-8-5-9-14(10-13)18(21)22)19-23-17(15)12-6-3-2-4-7-12/h2-10,15,17H,1H3,(H,21,22). The largest absolute Gasteiger partial charge is 0.478 e. The summed E-state index contributed by atoms with van der Waals surface area (Å²) in [5.74, 6) is -1.65. The van der Waals surface area contributed by atoms with Gasteiger partial charge in [-0.15, -0.1) is 0 Å². The van der Waals surface area contributed by atoms with Gasteiger partial charge in [-0.1, -0.05) is 47.6 Å². The van der Waals surface area contributed by atoms with Crippen molar-refractivity contribution in [3.05, 3.63) is 71.3 Å². The van der Waals surface area contributed by atoms with Gasteiger partial charge in [0.25, 0.3) is 0 Å². The van der Waals surface area contributed by atoms with Gasteiger partial charge in [0.05, 0.1) is 5.56 Å². The van der Waals surface area contributed by atoms with E-state index in [9.17, 15) is 9.59 Å². The number of carbonyl (C=O) groups is 2. The van der Waals surface area contributed by atoms with E-state index >= 15 is 0 Å². The van der Waals surface area contributed by atoms with Crippen LogP contribution < -0.4 is 0 Å². The Bertz CT molecular complexity index is 783. The SMILES string of the molecule is CC(=O)C1C(c2cccc(C(=O)O)c2)=NOC1c1ccccc1. The second-order valence-corrected chi connectivity index (χ2v) is 5.39. The summed E-state index contributed by atoms with van der Waals surface area (Å²) in [5.41, 5.74) is 2.06. The monoisotopic (exact) mass is 309 g/mol. The van der Waals surface area contributed by atoms with Crippen LogP contribution in [0.2, 0.25) is 0 Å². The molecule has 0 aliphatic carbocycles. The Kier molecular flexibility index (Phi) is 3.93. The summed E-state index contributed by atoms with van der Waals surface area (Å²) in [4.78, 5) is 28.8. The highest BCUT2D eigenvalue weighted by molar-refractivity contribution is 6.14. The van der Waals surface area contributed by atoms with Crippen molar-refractivity contribution >= 4 is 17.5 Å². The van der Waals surface area contributed by atoms with Crippen molar-refractivity contribution in [3.8, 4) is 0 Å². The topological polar surface area (TPSA) is 76.0 Å². The lowest BCUT2D eigenvalue weighted by Crippen LogP contribution is -2.25. The first-order chi connectivity index (χ1) is 11.1. The van der Waals surface area contributed by atoms with E-state index in [1.807, 2.05) is 30.3 Å². The molecule has 1 heterocycles. The molecule has 5 heteroatoms. The summed E-state index contributed by atoms with van der Waals surface area (Å²) in [7, 11) is 0. The number of nitrogens with zero attached hydrogens (tertiary/aromatic N) is 1. The fraction of sp³-hybridized carbons (Fsp3) is 0.167. The van der Waals surface area contributed by atoms with Crippen LogP contribution >= 0.6 is 0 Å². The third-order valence-electron chi connectivity index (χ3n) is 3.83. The number of hydrogen-bond donors (Lipinski definition) is 1. The van der Waals surface area contributed by atoms with Crippen LogP contribution in [0.1, 0.15) is 34.5 Å². The first-order valence-electron chi connectivity index (χ1n) is 7.21. The van der Waals surface area contributed by atoms with Gasteiger partial charge in [-0.25, -0.2) is 4.79 Å². The first kappa shape index (κ1) is 15.0. The highest BCUT2D eigenvalue weighted by atomic mass is 16.6. The molecule has 0 amide bonds. The molecule has 116 valence electrons. The van der Waals surface area contributed by atoms with Gasteiger partial charge in [0, 0.05) is 5.56 Å². The van der Waals surface area contributed by atoms with Crippen LogP contribution in [-0.2, 0) is 9.63 Å². The smallest absolute Gasteiger partial charge is 0.335 e. The lowest BCUT2D eigenvalue weighted by molar-refractivity contribution is -0.121. The molecule has 2 unspecified atom stereocenters. The summed E-state index contributed by atoms with van der Waals surface area (Å²) in [6.07, 6.45) is -0.489. The Morgan fingerprint density at radius 1 is 1.09 bits per heavy atom. The molecule has 5 nitrogen and oxygen atoms in total. The van der Waals surface area contributed by atoms with E-state index in [1.165, 1.54) is 19.1 Å². The maximum atomic E-state index is 12.2. The molecule has 23 heavy (non-hydrogen) atoms. The Labute approximate surface area is 133 Å². The van der Waals surface area contributed by atoms with Gasteiger partial charge >= 0.3 is 5.97 Å². The average Bonchev–Trinajstić information content (AvgIpc) is 3.01. The molecule has 2 atom stereocenters. The van der Waals surface area contributed by atoms with Crippen molar-refractivity contribution in [1.82, 2.24) is 0 Å². The summed E-state index contributed by atoms with van der Waals surface area (Å²) in [6, 6.07) is 15.8. The van der Waals surface area contributed by atoms with Crippen LogP contribution in [0.15, 0.2) is 59.8 Å². The summed E-state index contributed by atoms with van der Waals surface area (Å²) in [5, 5.41) is 13.2. The molecule has 2 aromatic carbocycles. The number of carboxylic acids is 1. The van der Waals surface area contributed by atoms with Gasteiger partial charge in [-0.05, 0) is 24.6 Å². The predicted octanol–water partition coefficient (Wildman–Crippen LogP) is 3.07. The molecule has 0 aromatic heterocycles. The highest BCUT2D eigenvalue weighted by Crippen LogP contribution is 2.35. The zero-order valence-corrected chi connectivity index (χ0v) is 12.5. The Hall–Kier alpha value is -2.95. The number of carbonyl (C=O) groups excluding carboxylic acids is 1. The Morgan fingerprint density at radius 2 is 1.83 bits per heavy atom. The molecule has 1 N–H and O–H groups in total.